The number of aromatic nitrogens is 2. The third-order valence-electron chi connectivity index (χ3n) is 4.65. The second-order valence-electron chi connectivity index (χ2n) is 6.51. The molecule has 24 heavy (non-hydrogen) atoms. The fourth-order valence-corrected chi connectivity index (χ4v) is 3.04. The summed E-state index contributed by atoms with van der Waals surface area (Å²) < 4.78 is 1.75. The molecule has 0 spiro atoms. The van der Waals surface area contributed by atoms with Crippen molar-refractivity contribution < 1.29 is 4.79 Å². The maximum Gasteiger partial charge on any atom is 0.239 e. The number of hydrogen-bond acceptors (Lipinski definition) is 3. The second-order valence-corrected chi connectivity index (χ2v) is 6.91. The van der Waals surface area contributed by atoms with Gasteiger partial charge in [0.2, 0.25) is 5.91 Å². The molecule has 1 aromatic carbocycles. The van der Waals surface area contributed by atoms with Gasteiger partial charge < -0.3 is 5.32 Å². The molecule has 1 N–H and O–H groups in total. The first-order chi connectivity index (χ1) is 11.5. The summed E-state index contributed by atoms with van der Waals surface area (Å²) in [5.41, 5.74) is 0.970. The Bertz CT molecular complexity index is 711. The predicted octanol–water partition coefficient (Wildman–Crippen LogP) is 3.25. The number of likely N-dealkylation sites (N-methyl/N-ethyl adjacent to an activating group) is 1. The summed E-state index contributed by atoms with van der Waals surface area (Å²) in [7, 11) is 2.00. The lowest BCUT2D eigenvalue weighted by atomic mass is 10.2. The molecule has 1 aliphatic carbocycles. The zero-order valence-corrected chi connectivity index (χ0v) is 14.8. The van der Waals surface area contributed by atoms with Crippen LogP contribution in [0.25, 0.3) is 0 Å². The topological polar surface area (TPSA) is 50.2 Å². The molecule has 5 nitrogen and oxygen atoms in total. The zero-order valence-electron chi connectivity index (χ0n) is 14.1. The zero-order chi connectivity index (χ0) is 17.1. The molecule has 2 aromatic rings. The molecule has 0 radical (unpaired) electrons. The molecule has 1 aliphatic rings. The first kappa shape index (κ1) is 17.0. The lowest BCUT2D eigenvalue weighted by Gasteiger charge is -2.23. The van der Waals surface area contributed by atoms with Gasteiger partial charge in [-0.15, -0.1) is 0 Å². The van der Waals surface area contributed by atoms with E-state index in [2.05, 4.69) is 22.2 Å². The molecule has 0 aliphatic heterocycles. The van der Waals surface area contributed by atoms with Gasteiger partial charge in [0.25, 0.3) is 0 Å². The molecule has 1 unspecified atom stereocenters. The van der Waals surface area contributed by atoms with Crippen LogP contribution in [-0.2, 0) is 11.3 Å². The Labute approximate surface area is 147 Å². The molecule has 1 aromatic heterocycles. The largest absolute Gasteiger partial charge is 0.310 e. The van der Waals surface area contributed by atoms with Gasteiger partial charge in [0.1, 0.15) is 5.82 Å². The number of carbonyl (C=O) groups is 1. The summed E-state index contributed by atoms with van der Waals surface area (Å²) in [5, 5.41) is 7.94. The fraction of sp³-hybridized carbons (Fsp3) is 0.444. The molecular formula is C18H23ClN4O. The van der Waals surface area contributed by atoms with Crippen LogP contribution in [0.3, 0.4) is 0 Å². The van der Waals surface area contributed by atoms with Crippen LogP contribution in [0.4, 0.5) is 5.82 Å². The third-order valence-corrected chi connectivity index (χ3v) is 5.02. The molecule has 1 heterocycles. The summed E-state index contributed by atoms with van der Waals surface area (Å²) in [4.78, 5) is 14.4. The van der Waals surface area contributed by atoms with Crippen molar-refractivity contribution >= 4 is 23.3 Å². The van der Waals surface area contributed by atoms with E-state index in [0.717, 1.165) is 11.5 Å². The van der Waals surface area contributed by atoms with Crippen molar-refractivity contribution in [3.05, 3.63) is 47.1 Å². The highest BCUT2D eigenvalue weighted by atomic mass is 35.5. The summed E-state index contributed by atoms with van der Waals surface area (Å²) in [6.07, 6.45) is 4.23. The Morgan fingerprint density at radius 1 is 1.42 bits per heavy atom. The standard InChI is InChI=1S/C18H23ClN4O/c1-13(14-7-8-14)22(2)12-18(24)21-17-9-10-20-23(17)11-15-5-3-4-6-16(15)19/h3-6,9-10,13-14H,7-8,11-12H2,1-2H3,(H,21,24). The van der Waals surface area contributed by atoms with Crippen molar-refractivity contribution in [2.24, 2.45) is 5.92 Å². The van der Waals surface area contributed by atoms with Crippen LogP contribution >= 0.6 is 11.6 Å². The minimum atomic E-state index is -0.0223. The lowest BCUT2D eigenvalue weighted by molar-refractivity contribution is -0.117. The summed E-state index contributed by atoms with van der Waals surface area (Å²) >= 11 is 6.20. The van der Waals surface area contributed by atoms with Crippen molar-refractivity contribution in [1.82, 2.24) is 14.7 Å². The smallest absolute Gasteiger partial charge is 0.239 e. The van der Waals surface area contributed by atoms with Crippen molar-refractivity contribution in [1.29, 1.82) is 0 Å². The van der Waals surface area contributed by atoms with Gasteiger partial charge in [-0.2, -0.15) is 5.10 Å². The normalized spacial score (nSPS) is 15.5. The summed E-state index contributed by atoms with van der Waals surface area (Å²) in [5.74, 6) is 1.41. The highest BCUT2D eigenvalue weighted by Gasteiger charge is 2.31. The first-order valence-electron chi connectivity index (χ1n) is 8.30. The van der Waals surface area contributed by atoms with E-state index < -0.39 is 0 Å². The van der Waals surface area contributed by atoms with Gasteiger partial charge in [0.15, 0.2) is 0 Å². The molecular weight excluding hydrogens is 324 g/mol. The number of amides is 1. The van der Waals surface area contributed by atoms with Crippen LogP contribution < -0.4 is 5.32 Å². The quantitative estimate of drug-likeness (QED) is 0.837. The number of nitrogens with one attached hydrogen (secondary N) is 1. The monoisotopic (exact) mass is 346 g/mol. The number of benzene rings is 1. The van der Waals surface area contributed by atoms with E-state index in [1.807, 2.05) is 31.3 Å². The number of halogens is 1. The number of carbonyl (C=O) groups excluding carboxylic acids is 1. The predicted molar refractivity (Wildman–Crippen MR) is 96.2 cm³/mol. The van der Waals surface area contributed by atoms with Gasteiger partial charge in [-0.05, 0) is 44.4 Å². The van der Waals surface area contributed by atoms with Crippen LogP contribution in [0, 0.1) is 5.92 Å². The Morgan fingerprint density at radius 3 is 2.88 bits per heavy atom. The number of rotatable bonds is 7. The Hall–Kier alpha value is -1.85. The van der Waals surface area contributed by atoms with Crippen LogP contribution in [0.2, 0.25) is 5.02 Å². The Balaban J connectivity index is 1.60. The summed E-state index contributed by atoms with van der Waals surface area (Å²) in [6, 6.07) is 9.90. The van der Waals surface area contributed by atoms with Crippen LogP contribution in [0.5, 0.6) is 0 Å². The van der Waals surface area contributed by atoms with Gasteiger partial charge in [0.05, 0.1) is 19.3 Å². The first-order valence-corrected chi connectivity index (χ1v) is 8.67. The minimum absolute atomic E-state index is 0.0223. The van der Waals surface area contributed by atoms with Gasteiger partial charge in [0, 0.05) is 17.1 Å². The van der Waals surface area contributed by atoms with E-state index in [-0.39, 0.29) is 5.91 Å². The van der Waals surface area contributed by atoms with E-state index >= 15 is 0 Å². The number of anilines is 1. The van der Waals surface area contributed by atoms with Crippen molar-refractivity contribution in [3.8, 4) is 0 Å². The molecule has 3 rings (SSSR count). The Morgan fingerprint density at radius 2 is 2.17 bits per heavy atom. The molecule has 128 valence electrons. The molecule has 0 saturated heterocycles. The van der Waals surface area contributed by atoms with Crippen molar-refractivity contribution in [3.63, 3.8) is 0 Å². The van der Waals surface area contributed by atoms with Crippen LogP contribution in [-0.4, -0.2) is 40.2 Å². The number of nitrogens with zero attached hydrogens (tertiary/aromatic N) is 3. The fourth-order valence-electron chi connectivity index (χ4n) is 2.84. The van der Waals surface area contributed by atoms with Gasteiger partial charge in [-0.25, -0.2) is 4.68 Å². The average Bonchev–Trinajstić information content (AvgIpc) is 3.31. The van der Waals surface area contributed by atoms with Crippen LogP contribution in [0.15, 0.2) is 36.5 Å². The van der Waals surface area contributed by atoms with E-state index in [1.54, 1.807) is 16.9 Å². The van der Waals surface area contributed by atoms with E-state index in [4.69, 9.17) is 11.6 Å². The molecule has 1 amide bonds. The highest BCUT2D eigenvalue weighted by molar-refractivity contribution is 6.31. The maximum absolute atomic E-state index is 12.3. The van der Waals surface area contributed by atoms with Gasteiger partial charge in [-0.3, -0.25) is 9.69 Å². The molecule has 1 fully saturated rings. The van der Waals surface area contributed by atoms with E-state index in [1.165, 1.54) is 12.8 Å². The molecule has 0 bridgehead atoms. The molecule has 6 heteroatoms. The number of hydrogen-bond donors (Lipinski definition) is 1. The minimum Gasteiger partial charge on any atom is -0.310 e. The van der Waals surface area contributed by atoms with Crippen LogP contribution in [0.1, 0.15) is 25.3 Å². The van der Waals surface area contributed by atoms with Crippen molar-refractivity contribution in [2.45, 2.75) is 32.4 Å². The van der Waals surface area contributed by atoms with Crippen molar-refractivity contribution in [2.75, 3.05) is 18.9 Å². The lowest BCUT2D eigenvalue weighted by Crippen LogP contribution is -2.37. The second kappa shape index (κ2) is 7.36. The summed E-state index contributed by atoms with van der Waals surface area (Å²) in [6.45, 7) is 3.10. The van der Waals surface area contributed by atoms with Gasteiger partial charge in [-0.1, -0.05) is 29.8 Å². The van der Waals surface area contributed by atoms with E-state index in [9.17, 15) is 4.79 Å². The third kappa shape index (κ3) is 4.16. The van der Waals surface area contributed by atoms with Gasteiger partial charge >= 0.3 is 0 Å². The SMILES string of the molecule is CC(C1CC1)N(C)CC(=O)Nc1ccnn1Cc1ccccc1Cl. The highest BCUT2D eigenvalue weighted by Crippen LogP contribution is 2.34. The van der Waals surface area contributed by atoms with E-state index in [0.29, 0.717) is 30.0 Å². The molecule has 1 atom stereocenters. The average molecular weight is 347 g/mol. The maximum atomic E-state index is 12.3. The Kier molecular flexibility index (Phi) is 5.21. The molecule has 1 saturated carbocycles.